The molecule has 0 spiro atoms. The van der Waals surface area contributed by atoms with Crippen LogP contribution in [0.1, 0.15) is 22.3 Å². The fraction of sp³-hybridized carbons (Fsp3) is 0.167. The number of carbonyl (C=O) groups is 2. The number of amides is 2. The van der Waals surface area contributed by atoms with Crippen molar-refractivity contribution in [3.63, 3.8) is 0 Å². The highest BCUT2D eigenvalue weighted by atomic mass is 16.5. The zero-order chi connectivity index (χ0) is 20.3. The van der Waals surface area contributed by atoms with Gasteiger partial charge in [-0.3, -0.25) is 9.59 Å². The second-order valence-electron chi connectivity index (χ2n) is 6.54. The first-order chi connectivity index (χ1) is 14.2. The summed E-state index contributed by atoms with van der Waals surface area (Å²) in [4.78, 5) is 24.6. The highest BCUT2D eigenvalue weighted by Crippen LogP contribution is 2.19. The van der Waals surface area contributed by atoms with E-state index >= 15 is 0 Å². The summed E-state index contributed by atoms with van der Waals surface area (Å²) in [5, 5.41) is 5.67. The number of benzene rings is 3. The monoisotopic (exact) mass is 388 g/mol. The lowest BCUT2D eigenvalue weighted by atomic mass is 10.1. The van der Waals surface area contributed by atoms with Crippen molar-refractivity contribution < 1.29 is 14.3 Å². The van der Waals surface area contributed by atoms with E-state index in [1.54, 1.807) is 24.3 Å². The van der Waals surface area contributed by atoms with Crippen molar-refractivity contribution in [1.82, 2.24) is 5.32 Å². The summed E-state index contributed by atoms with van der Waals surface area (Å²) < 4.78 is 5.60. The first kappa shape index (κ1) is 20.1. The van der Waals surface area contributed by atoms with Gasteiger partial charge in [0, 0.05) is 12.2 Å². The number of para-hydroxylation sites is 2. The maximum Gasteiger partial charge on any atom is 0.259 e. The average molecular weight is 388 g/mol. The van der Waals surface area contributed by atoms with E-state index in [9.17, 15) is 9.59 Å². The van der Waals surface area contributed by atoms with Gasteiger partial charge >= 0.3 is 0 Å². The maximum absolute atomic E-state index is 12.5. The molecule has 0 atom stereocenters. The minimum atomic E-state index is -0.282. The molecule has 5 nitrogen and oxygen atoms in total. The second kappa shape index (κ2) is 10.7. The van der Waals surface area contributed by atoms with Gasteiger partial charge < -0.3 is 15.4 Å². The zero-order valence-corrected chi connectivity index (χ0v) is 16.1. The smallest absolute Gasteiger partial charge is 0.259 e. The number of aryl methyl sites for hydroxylation is 1. The third-order valence-electron chi connectivity index (χ3n) is 4.33. The Kier molecular flexibility index (Phi) is 7.41. The molecule has 148 valence electrons. The maximum atomic E-state index is 12.5. The lowest BCUT2D eigenvalue weighted by molar-refractivity contribution is -0.123. The molecular weight excluding hydrogens is 364 g/mol. The molecular formula is C24H24N2O3. The van der Waals surface area contributed by atoms with Crippen LogP contribution in [0.5, 0.6) is 5.75 Å². The van der Waals surface area contributed by atoms with Gasteiger partial charge in [-0.15, -0.1) is 0 Å². The van der Waals surface area contributed by atoms with Gasteiger partial charge in [0.25, 0.3) is 11.8 Å². The van der Waals surface area contributed by atoms with Crippen LogP contribution in [-0.2, 0) is 11.2 Å². The summed E-state index contributed by atoms with van der Waals surface area (Å²) in [5.41, 5.74) is 2.33. The minimum Gasteiger partial charge on any atom is -0.483 e. The molecule has 0 bridgehead atoms. The Morgan fingerprint density at radius 3 is 2.21 bits per heavy atom. The van der Waals surface area contributed by atoms with Gasteiger partial charge in [0.15, 0.2) is 6.61 Å². The average Bonchev–Trinajstić information content (AvgIpc) is 2.77. The molecule has 2 amide bonds. The van der Waals surface area contributed by atoms with E-state index in [-0.39, 0.29) is 18.4 Å². The molecule has 0 heterocycles. The summed E-state index contributed by atoms with van der Waals surface area (Å²) in [7, 11) is 0. The third-order valence-corrected chi connectivity index (χ3v) is 4.33. The first-order valence-electron chi connectivity index (χ1n) is 9.61. The molecule has 0 unspecified atom stereocenters. The van der Waals surface area contributed by atoms with Gasteiger partial charge in [-0.05, 0) is 42.7 Å². The third kappa shape index (κ3) is 6.50. The van der Waals surface area contributed by atoms with E-state index in [4.69, 9.17) is 4.74 Å². The summed E-state index contributed by atoms with van der Waals surface area (Å²) in [6, 6.07) is 26.2. The van der Waals surface area contributed by atoms with Crippen LogP contribution in [0, 0.1) is 0 Å². The Labute approximate surface area is 170 Å². The van der Waals surface area contributed by atoms with Crippen LogP contribution < -0.4 is 15.4 Å². The number of nitrogens with one attached hydrogen (secondary N) is 2. The Bertz CT molecular complexity index is 927. The van der Waals surface area contributed by atoms with Gasteiger partial charge in [-0.2, -0.15) is 0 Å². The number of hydrogen-bond acceptors (Lipinski definition) is 3. The number of ether oxygens (including phenoxy) is 1. The molecule has 29 heavy (non-hydrogen) atoms. The Morgan fingerprint density at radius 2 is 1.45 bits per heavy atom. The fourth-order valence-electron chi connectivity index (χ4n) is 2.86. The van der Waals surface area contributed by atoms with Crippen LogP contribution in [-0.4, -0.2) is 25.0 Å². The predicted octanol–water partition coefficient (Wildman–Crippen LogP) is 4.07. The van der Waals surface area contributed by atoms with E-state index < -0.39 is 0 Å². The fourth-order valence-corrected chi connectivity index (χ4v) is 2.86. The Morgan fingerprint density at radius 1 is 0.793 bits per heavy atom. The van der Waals surface area contributed by atoms with Crippen molar-refractivity contribution in [2.24, 2.45) is 0 Å². The zero-order valence-electron chi connectivity index (χ0n) is 16.1. The Balaban J connectivity index is 1.46. The van der Waals surface area contributed by atoms with Crippen LogP contribution in [0.15, 0.2) is 84.9 Å². The van der Waals surface area contributed by atoms with Gasteiger partial charge in [-0.25, -0.2) is 0 Å². The van der Waals surface area contributed by atoms with E-state index in [1.807, 2.05) is 48.5 Å². The van der Waals surface area contributed by atoms with Crippen molar-refractivity contribution in [1.29, 1.82) is 0 Å². The number of hydrogen-bond donors (Lipinski definition) is 2. The topological polar surface area (TPSA) is 67.4 Å². The molecule has 0 saturated heterocycles. The van der Waals surface area contributed by atoms with E-state index in [1.165, 1.54) is 5.56 Å². The van der Waals surface area contributed by atoms with Crippen molar-refractivity contribution in [3.8, 4) is 5.75 Å². The first-order valence-corrected chi connectivity index (χ1v) is 9.61. The molecule has 0 fully saturated rings. The molecule has 3 rings (SSSR count). The van der Waals surface area contributed by atoms with E-state index in [0.29, 0.717) is 23.5 Å². The molecule has 0 aliphatic carbocycles. The summed E-state index contributed by atoms with van der Waals surface area (Å²) >= 11 is 0. The molecule has 0 aliphatic rings. The largest absolute Gasteiger partial charge is 0.483 e. The number of anilines is 1. The highest BCUT2D eigenvalue weighted by Gasteiger charge is 2.13. The quantitative estimate of drug-likeness (QED) is 0.543. The molecule has 5 heteroatoms. The summed E-state index contributed by atoms with van der Waals surface area (Å²) in [5.74, 6) is -0.119. The van der Waals surface area contributed by atoms with Crippen molar-refractivity contribution >= 4 is 17.5 Å². The molecule has 3 aromatic rings. The van der Waals surface area contributed by atoms with E-state index in [2.05, 4.69) is 22.8 Å². The second-order valence-corrected chi connectivity index (χ2v) is 6.54. The predicted molar refractivity (Wildman–Crippen MR) is 114 cm³/mol. The van der Waals surface area contributed by atoms with Crippen LogP contribution >= 0.6 is 0 Å². The van der Waals surface area contributed by atoms with Crippen molar-refractivity contribution in [2.75, 3.05) is 18.5 Å². The lowest BCUT2D eigenvalue weighted by Gasteiger charge is -2.12. The van der Waals surface area contributed by atoms with Crippen LogP contribution in [0.25, 0.3) is 0 Å². The van der Waals surface area contributed by atoms with Gasteiger partial charge in [0.2, 0.25) is 0 Å². The molecule has 0 saturated carbocycles. The lowest BCUT2D eigenvalue weighted by Crippen LogP contribution is -2.30. The van der Waals surface area contributed by atoms with Gasteiger partial charge in [-0.1, -0.05) is 60.7 Å². The van der Waals surface area contributed by atoms with Crippen LogP contribution in [0.4, 0.5) is 5.69 Å². The van der Waals surface area contributed by atoms with Gasteiger partial charge in [0.1, 0.15) is 5.75 Å². The van der Waals surface area contributed by atoms with Crippen molar-refractivity contribution in [2.45, 2.75) is 12.8 Å². The SMILES string of the molecule is O=C(COc1ccccc1C(=O)Nc1ccccc1)NCCCc1ccccc1. The minimum absolute atomic E-state index is 0.138. The Hall–Kier alpha value is -3.60. The molecule has 0 aliphatic heterocycles. The summed E-state index contributed by atoms with van der Waals surface area (Å²) in [6.45, 7) is 0.439. The standard InChI is InChI=1S/C24H24N2O3/c27-23(25-17-9-12-19-10-3-1-4-11-19)18-29-22-16-8-7-15-21(22)24(28)26-20-13-5-2-6-14-20/h1-8,10-11,13-16H,9,12,17-18H2,(H,25,27)(H,26,28). The highest BCUT2D eigenvalue weighted by molar-refractivity contribution is 6.06. The van der Waals surface area contributed by atoms with Crippen LogP contribution in [0.2, 0.25) is 0 Å². The normalized spacial score (nSPS) is 10.2. The number of rotatable bonds is 9. The van der Waals surface area contributed by atoms with Crippen LogP contribution in [0.3, 0.4) is 0 Å². The molecule has 2 N–H and O–H groups in total. The van der Waals surface area contributed by atoms with E-state index in [0.717, 1.165) is 12.8 Å². The summed E-state index contributed by atoms with van der Waals surface area (Å²) in [6.07, 6.45) is 1.76. The molecule has 0 radical (unpaired) electrons. The number of carbonyl (C=O) groups excluding carboxylic acids is 2. The molecule has 3 aromatic carbocycles. The van der Waals surface area contributed by atoms with Gasteiger partial charge in [0.05, 0.1) is 5.56 Å². The van der Waals surface area contributed by atoms with Crippen molar-refractivity contribution in [3.05, 3.63) is 96.1 Å². The molecule has 0 aromatic heterocycles.